The van der Waals surface area contributed by atoms with Gasteiger partial charge in [0.25, 0.3) is 0 Å². The molecule has 6 heteroatoms. The largest absolute Gasteiger partial charge is 0.481 e. The normalized spacial score (nSPS) is 13.2. The summed E-state index contributed by atoms with van der Waals surface area (Å²) in [5, 5.41) is 8.45. The minimum Gasteiger partial charge on any atom is -0.481 e. The molecule has 0 bridgehead atoms. The summed E-state index contributed by atoms with van der Waals surface area (Å²) in [5.74, 6) is -1.50. The molecule has 2 N–H and O–H groups in total. The van der Waals surface area contributed by atoms with Gasteiger partial charge in [0.2, 0.25) is 10.0 Å². The summed E-state index contributed by atoms with van der Waals surface area (Å²) in [6, 6.07) is 9.25. The zero-order chi connectivity index (χ0) is 13.6. The van der Waals surface area contributed by atoms with Crippen molar-refractivity contribution in [2.75, 3.05) is 5.75 Å². The van der Waals surface area contributed by atoms with Crippen molar-refractivity contribution in [3.8, 4) is 0 Å². The number of aliphatic carboxylic acids is 1. The van der Waals surface area contributed by atoms with Crippen LogP contribution in [0.4, 0.5) is 0 Å². The topological polar surface area (TPSA) is 83.5 Å². The van der Waals surface area contributed by atoms with Crippen LogP contribution in [0, 0.1) is 0 Å². The SMILES string of the molecule is CC(Cc1ccccc1)NS(=O)(=O)CCC(=O)O. The van der Waals surface area contributed by atoms with Crippen LogP contribution in [0.15, 0.2) is 30.3 Å². The van der Waals surface area contributed by atoms with Crippen molar-refractivity contribution >= 4 is 16.0 Å². The van der Waals surface area contributed by atoms with Gasteiger partial charge in [0.1, 0.15) is 0 Å². The first-order chi connectivity index (χ1) is 8.39. The fourth-order valence-corrected chi connectivity index (χ4v) is 2.85. The number of carboxylic acids is 1. The van der Waals surface area contributed by atoms with Crippen molar-refractivity contribution in [2.45, 2.75) is 25.8 Å². The van der Waals surface area contributed by atoms with Crippen molar-refractivity contribution in [1.29, 1.82) is 0 Å². The molecule has 0 aromatic heterocycles. The molecule has 1 rings (SSSR count). The van der Waals surface area contributed by atoms with Gasteiger partial charge in [-0.05, 0) is 18.9 Å². The van der Waals surface area contributed by atoms with E-state index < -0.39 is 16.0 Å². The van der Waals surface area contributed by atoms with Crippen LogP contribution >= 0.6 is 0 Å². The van der Waals surface area contributed by atoms with Crippen LogP contribution in [0.1, 0.15) is 18.9 Å². The van der Waals surface area contributed by atoms with E-state index in [4.69, 9.17) is 5.11 Å². The maximum Gasteiger partial charge on any atom is 0.304 e. The second-order valence-corrected chi connectivity index (χ2v) is 6.04. The predicted molar refractivity (Wildman–Crippen MR) is 68.8 cm³/mol. The summed E-state index contributed by atoms with van der Waals surface area (Å²) in [7, 11) is -3.53. The highest BCUT2D eigenvalue weighted by molar-refractivity contribution is 7.89. The molecule has 1 aromatic rings. The van der Waals surface area contributed by atoms with Gasteiger partial charge in [0.15, 0.2) is 0 Å². The predicted octanol–water partition coefficient (Wildman–Crippen LogP) is 1.01. The summed E-state index contributed by atoms with van der Waals surface area (Å²) in [4.78, 5) is 10.3. The average Bonchev–Trinajstić information content (AvgIpc) is 2.27. The first-order valence-corrected chi connectivity index (χ1v) is 7.30. The van der Waals surface area contributed by atoms with Crippen molar-refractivity contribution in [3.05, 3.63) is 35.9 Å². The Balaban J connectivity index is 2.49. The molecule has 0 heterocycles. The first-order valence-electron chi connectivity index (χ1n) is 5.65. The highest BCUT2D eigenvalue weighted by atomic mass is 32.2. The van der Waals surface area contributed by atoms with Crippen LogP contribution in [-0.2, 0) is 21.2 Å². The lowest BCUT2D eigenvalue weighted by Crippen LogP contribution is -2.36. The Morgan fingerprint density at radius 1 is 1.33 bits per heavy atom. The van der Waals surface area contributed by atoms with Gasteiger partial charge in [-0.1, -0.05) is 30.3 Å². The number of carbonyl (C=O) groups is 1. The summed E-state index contributed by atoms with van der Waals surface area (Å²) in [6.07, 6.45) is 0.195. The van der Waals surface area contributed by atoms with Gasteiger partial charge < -0.3 is 5.11 Å². The molecule has 0 saturated heterocycles. The van der Waals surface area contributed by atoms with Crippen LogP contribution in [0.25, 0.3) is 0 Å². The van der Waals surface area contributed by atoms with Crippen molar-refractivity contribution in [1.82, 2.24) is 4.72 Å². The quantitative estimate of drug-likeness (QED) is 0.775. The van der Waals surface area contributed by atoms with E-state index >= 15 is 0 Å². The number of benzene rings is 1. The lowest BCUT2D eigenvalue weighted by molar-refractivity contribution is -0.136. The Hall–Kier alpha value is -1.40. The zero-order valence-electron chi connectivity index (χ0n) is 10.2. The van der Waals surface area contributed by atoms with E-state index in [0.717, 1.165) is 5.56 Å². The molecule has 1 unspecified atom stereocenters. The highest BCUT2D eigenvalue weighted by Crippen LogP contribution is 2.04. The molecule has 0 aliphatic rings. The Kier molecular flexibility index (Phi) is 5.30. The molecule has 100 valence electrons. The van der Waals surface area contributed by atoms with Gasteiger partial charge in [-0.3, -0.25) is 4.79 Å². The standard InChI is InChI=1S/C12H17NO4S/c1-10(9-11-5-3-2-4-6-11)13-18(16,17)8-7-12(14)15/h2-6,10,13H,7-9H2,1H3,(H,14,15). The van der Waals surface area contributed by atoms with Gasteiger partial charge in [-0.25, -0.2) is 13.1 Å². The van der Waals surface area contributed by atoms with Gasteiger partial charge in [0.05, 0.1) is 12.2 Å². The Labute approximate surface area is 107 Å². The van der Waals surface area contributed by atoms with Crippen molar-refractivity contribution < 1.29 is 18.3 Å². The summed E-state index contributed by atoms with van der Waals surface area (Å²) in [6.45, 7) is 1.76. The van der Waals surface area contributed by atoms with Gasteiger partial charge in [0, 0.05) is 6.04 Å². The zero-order valence-corrected chi connectivity index (χ0v) is 11.0. The fourth-order valence-electron chi connectivity index (χ4n) is 1.60. The van der Waals surface area contributed by atoms with Crippen LogP contribution in [0.2, 0.25) is 0 Å². The van der Waals surface area contributed by atoms with Crippen LogP contribution in [-0.4, -0.2) is 31.3 Å². The minimum atomic E-state index is -3.53. The lowest BCUT2D eigenvalue weighted by atomic mass is 10.1. The summed E-state index contributed by atoms with van der Waals surface area (Å²) in [5.41, 5.74) is 1.03. The van der Waals surface area contributed by atoms with E-state index in [0.29, 0.717) is 6.42 Å². The number of hydrogen-bond acceptors (Lipinski definition) is 3. The maximum atomic E-state index is 11.6. The molecule has 0 amide bonds. The number of nitrogens with one attached hydrogen (secondary N) is 1. The molecule has 0 radical (unpaired) electrons. The molecular formula is C12H17NO4S. The molecule has 0 saturated carbocycles. The average molecular weight is 271 g/mol. The number of sulfonamides is 1. The van der Waals surface area contributed by atoms with Crippen molar-refractivity contribution in [2.24, 2.45) is 0 Å². The van der Waals surface area contributed by atoms with Crippen LogP contribution < -0.4 is 4.72 Å². The van der Waals surface area contributed by atoms with Crippen LogP contribution in [0.5, 0.6) is 0 Å². The molecule has 5 nitrogen and oxygen atoms in total. The second kappa shape index (κ2) is 6.51. The third-order valence-corrected chi connectivity index (χ3v) is 3.85. The third kappa shape index (κ3) is 5.79. The molecule has 1 atom stereocenters. The number of carboxylic acid groups (broad SMARTS) is 1. The molecule has 0 fully saturated rings. The van der Waals surface area contributed by atoms with E-state index in [-0.39, 0.29) is 18.2 Å². The van der Waals surface area contributed by atoms with E-state index in [2.05, 4.69) is 4.72 Å². The monoisotopic (exact) mass is 271 g/mol. The van der Waals surface area contributed by atoms with Gasteiger partial charge in [-0.2, -0.15) is 0 Å². The van der Waals surface area contributed by atoms with Crippen molar-refractivity contribution in [3.63, 3.8) is 0 Å². The smallest absolute Gasteiger partial charge is 0.304 e. The second-order valence-electron chi connectivity index (χ2n) is 4.17. The van der Waals surface area contributed by atoms with Gasteiger partial charge in [-0.15, -0.1) is 0 Å². The molecule has 1 aromatic carbocycles. The van der Waals surface area contributed by atoms with E-state index in [1.165, 1.54) is 0 Å². The Bertz CT molecular complexity index is 484. The highest BCUT2D eigenvalue weighted by Gasteiger charge is 2.16. The molecular weight excluding hydrogens is 254 g/mol. The maximum absolute atomic E-state index is 11.6. The minimum absolute atomic E-state index is 0.258. The molecule has 0 aliphatic carbocycles. The number of hydrogen-bond donors (Lipinski definition) is 2. The fraction of sp³-hybridized carbons (Fsp3) is 0.417. The Morgan fingerprint density at radius 3 is 2.50 bits per heavy atom. The Morgan fingerprint density at radius 2 is 1.94 bits per heavy atom. The van der Waals surface area contributed by atoms with E-state index in [9.17, 15) is 13.2 Å². The summed E-state index contributed by atoms with van der Waals surface area (Å²) >= 11 is 0. The van der Waals surface area contributed by atoms with E-state index in [1.807, 2.05) is 30.3 Å². The van der Waals surface area contributed by atoms with E-state index in [1.54, 1.807) is 6.92 Å². The summed E-state index contributed by atoms with van der Waals surface area (Å²) < 4.78 is 25.6. The third-order valence-electron chi connectivity index (χ3n) is 2.35. The first kappa shape index (κ1) is 14.7. The molecule has 0 aliphatic heterocycles. The van der Waals surface area contributed by atoms with Gasteiger partial charge >= 0.3 is 5.97 Å². The lowest BCUT2D eigenvalue weighted by Gasteiger charge is -2.13. The van der Waals surface area contributed by atoms with Crippen LogP contribution in [0.3, 0.4) is 0 Å². The molecule has 18 heavy (non-hydrogen) atoms. The molecule has 0 spiro atoms. The number of rotatable bonds is 7.